The van der Waals surface area contributed by atoms with E-state index in [1.54, 1.807) is 0 Å². The number of piperidine rings is 1. The van der Waals surface area contributed by atoms with Crippen molar-refractivity contribution in [3.63, 3.8) is 0 Å². The predicted octanol–water partition coefficient (Wildman–Crippen LogP) is 0.787. The number of rotatable bonds is 1. The van der Waals surface area contributed by atoms with E-state index in [0.717, 1.165) is 6.07 Å². The fourth-order valence-electron chi connectivity index (χ4n) is 3.72. The molecule has 1 aromatic heterocycles. The van der Waals surface area contributed by atoms with E-state index in [4.69, 9.17) is 4.74 Å². The zero-order valence-electron chi connectivity index (χ0n) is 14.0. The Bertz CT molecular complexity index is 942. The summed E-state index contributed by atoms with van der Waals surface area (Å²) in [5, 5.41) is 3.06. The molecule has 1 aromatic carbocycles. The molecule has 2 amide bonds. The number of hydrogen-bond acceptors (Lipinski definition) is 4. The molecule has 8 heteroatoms. The number of benzene rings is 1. The van der Waals surface area contributed by atoms with Gasteiger partial charge in [-0.3, -0.25) is 14.4 Å². The fraction of sp³-hybridized carbons (Fsp3) is 0.389. The van der Waals surface area contributed by atoms with Crippen molar-refractivity contribution in [3.8, 4) is 0 Å². The summed E-state index contributed by atoms with van der Waals surface area (Å²) in [4.78, 5) is 41.7. The van der Waals surface area contributed by atoms with Gasteiger partial charge >= 0.3 is 0 Å². The number of nitrogens with one attached hydrogen (secondary N) is 2. The van der Waals surface area contributed by atoms with Crippen LogP contribution in [0, 0.1) is 5.82 Å². The van der Waals surface area contributed by atoms with Gasteiger partial charge in [0.25, 0.3) is 5.91 Å². The fourth-order valence-corrected chi connectivity index (χ4v) is 3.72. The van der Waals surface area contributed by atoms with E-state index in [1.807, 2.05) is 0 Å². The summed E-state index contributed by atoms with van der Waals surface area (Å²) in [5.41, 5.74) is 0.000842. The molecule has 2 saturated heterocycles. The van der Waals surface area contributed by atoms with Gasteiger partial charge in [0.1, 0.15) is 11.9 Å². The lowest BCUT2D eigenvalue weighted by molar-refractivity contribution is -0.130. The van der Waals surface area contributed by atoms with Crippen molar-refractivity contribution in [2.45, 2.75) is 25.0 Å². The number of H-pyrrole nitrogens is 1. The van der Waals surface area contributed by atoms with Crippen molar-refractivity contribution in [3.05, 3.63) is 46.0 Å². The highest BCUT2D eigenvalue weighted by Crippen LogP contribution is 2.26. The molecular formula is C18H18FN3O4. The summed E-state index contributed by atoms with van der Waals surface area (Å²) in [5.74, 6) is -1.24. The quantitative estimate of drug-likeness (QED) is 0.787. The molecule has 2 N–H and O–H groups in total. The molecule has 136 valence electrons. The topological polar surface area (TPSA) is 91.5 Å². The van der Waals surface area contributed by atoms with Crippen LogP contribution >= 0.6 is 0 Å². The first-order chi connectivity index (χ1) is 12.5. The van der Waals surface area contributed by atoms with Crippen molar-refractivity contribution in [1.82, 2.24) is 15.2 Å². The van der Waals surface area contributed by atoms with Crippen LogP contribution in [-0.4, -0.2) is 53.5 Å². The Morgan fingerprint density at radius 3 is 2.96 bits per heavy atom. The van der Waals surface area contributed by atoms with Gasteiger partial charge in [-0.2, -0.15) is 0 Å². The Morgan fingerprint density at radius 2 is 2.12 bits per heavy atom. The first kappa shape index (κ1) is 16.7. The molecule has 7 nitrogen and oxygen atoms in total. The van der Waals surface area contributed by atoms with Crippen LogP contribution in [0.1, 0.15) is 23.2 Å². The standard InChI is InChI=1S/C18H18FN3O4/c19-10-3-4-13-11(8-10)12(9-15(23)21-13)18(25)22-6-1-2-14-16(22)17(24)20-5-7-26-14/h3-4,8-9,14,16H,1-2,5-7H2,(H,20,24)(H,21,23). The molecule has 0 aliphatic carbocycles. The van der Waals surface area contributed by atoms with Gasteiger partial charge < -0.3 is 19.9 Å². The zero-order valence-corrected chi connectivity index (χ0v) is 14.0. The second-order valence-corrected chi connectivity index (χ2v) is 6.52. The van der Waals surface area contributed by atoms with Crippen molar-refractivity contribution >= 4 is 22.7 Å². The van der Waals surface area contributed by atoms with Crippen molar-refractivity contribution in [1.29, 1.82) is 0 Å². The third-order valence-electron chi connectivity index (χ3n) is 4.87. The smallest absolute Gasteiger partial charge is 0.255 e. The van der Waals surface area contributed by atoms with Crippen molar-refractivity contribution in [2.75, 3.05) is 19.7 Å². The minimum Gasteiger partial charge on any atom is -0.374 e. The molecule has 4 rings (SSSR count). The summed E-state index contributed by atoms with van der Waals surface area (Å²) in [6.45, 7) is 1.17. The van der Waals surface area contributed by atoms with Gasteiger partial charge in [0, 0.05) is 30.1 Å². The van der Waals surface area contributed by atoms with Gasteiger partial charge in [-0.1, -0.05) is 0 Å². The molecule has 0 saturated carbocycles. The van der Waals surface area contributed by atoms with Crippen LogP contribution in [0.3, 0.4) is 0 Å². The molecule has 2 aliphatic rings. The molecule has 2 unspecified atom stereocenters. The number of ether oxygens (including phenoxy) is 1. The van der Waals surface area contributed by atoms with Crippen molar-refractivity contribution < 1.29 is 18.7 Å². The minimum atomic E-state index is -0.748. The summed E-state index contributed by atoms with van der Waals surface area (Å²) >= 11 is 0. The summed E-state index contributed by atoms with van der Waals surface area (Å²) in [7, 11) is 0. The summed E-state index contributed by atoms with van der Waals surface area (Å²) in [6, 6.07) is 4.26. The van der Waals surface area contributed by atoms with Crippen LogP contribution < -0.4 is 10.9 Å². The maximum atomic E-state index is 13.7. The highest BCUT2D eigenvalue weighted by molar-refractivity contribution is 6.07. The zero-order chi connectivity index (χ0) is 18.3. The molecule has 2 aromatic rings. The Labute approximate surface area is 148 Å². The number of aromatic amines is 1. The van der Waals surface area contributed by atoms with Crippen LogP contribution in [0.15, 0.2) is 29.1 Å². The van der Waals surface area contributed by atoms with E-state index < -0.39 is 23.3 Å². The number of halogens is 1. The number of fused-ring (bicyclic) bond motifs is 2. The first-order valence-electron chi connectivity index (χ1n) is 8.57. The van der Waals surface area contributed by atoms with Crippen LogP contribution in [-0.2, 0) is 9.53 Å². The number of pyridine rings is 1. The lowest BCUT2D eigenvalue weighted by Gasteiger charge is -2.38. The first-order valence-corrected chi connectivity index (χ1v) is 8.57. The highest BCUT2D eigenvalue weighted by atomic mass is 19.1. The van der Waals surface area contributed by atoms with Gasteiger partial charge in [0.05, 0.1) is 18.3 Å². The number of carbonyl (C=O) groups is 2. The Balaban J connectivity index is 1.79. The number of aromatic nitrogens is 1. The Hall–Kier alpha value is -2.74. The average Bonchev–Trinajstić information content (AvgIpc) is 2.82. The molecule has 3 heterocycles. The number of carbonyl (C=O) groups excluding carboxylic acids is 2. The molecule has 0 radical (unpaired) electrons. The van der Waals surface area contributed by atoms with E-state index in [2.05, 4.69) is 10.3 Å². The third kappa shape index (κ3) is 2.86. The predicted molar refractivity (Wildman–Crippen MR) is 91.3 cm³/mol. The maximum absolute atomic E-state index is 13.7. The molecule has 2 atom stereocenters. The number of nitrogens with zero attached hydrogens (tertiary/aromatic N) is 1. The largest absolute Gasteiger partial charge is 0.374 e. The monoisotopic (exact) mass is 359 g/mol. The molecular weight excluding hydrogens is 341 g/mol. The highest BCUT2D eigenvalue weighted by Gasteiger charge is 2.41. The lowest BCUT2D eigenvalue weighted by Crippen LogP contribution is -2.57. The van der Waals surface area contributed by atoms with E-state index in [9.17, 15) is 18.8 Å². The summed E-state index contributed by atoms with van der Waals surface area (Å²) < 4.78 is 19.4. The van der Waals surface area contributed by atoms with Gasteiger partial charge in [0.15, 0.2) is 0 Å². The SMILES string of the molecule is O=C1NCCOC2CCCN(C(=O)c3cc(=O)[nH]c4ccc(F)cc34)C12. The maximum Gasteiger partial charge on any atom is 0.255 e. The summed E-state index contributed by atoms with van der Waals surface area (Å²) in [6.07, 6.45) is 1.00. The molecule has 2 fully saturated rings. The second kappa shape index (κ2) is 6.53. The van der Waals surface area contributed by atoms with Gasteiger partial charge in [0.2, 0.25) is 11.5 Å². The van der Waals surface area contributed by atoms with E-state index in [0.29, 0.717) is 43.4 Å². The van der Waals surface area contributed by atoms with Crippen LogP contribution in [0.2, 0.25) is 0 Å². The molecule has 0 spiro atoms. The average molecular weight is 359 g/mol. The van der Waals surface area contributed by atoms with Crippen LogP contribution in [0.5, 0.6) is 0 Å². The van der Waals surface area contributed by atoms with E-state index in [-0.39, 0.29) is 17.6 Å². The molecule has 2 aliphatic heterocycles. The van der Waals surface area contributed by atoms with Crippen LogP contribution in [0.4, 0.5) is 4.39 Å². The van der Waals surface area contributed by atoms with Crippen molar-refractivity contribution in [2.24, 2.45) is 0 Å². The Morgan fingerprint density at radius 1 is 1.27 bits per heavy atom. The van der Waals surface area contributed by atoms with Gasteiger partial charge in [-0.15, -0.1) is 0 Å². The van der Waals surface area contributed by atoms with Crippen LogP contribution in [0.25, 0.3) is 10.9 Å². The van der Waals surface area contributed by atoms with Gasteiger partial charge in [-0.05, 0) is 31.0 Å². The van der Waals surface area contributed by atoms with E-state index >= 15 is 0 Å². The second-order valence-electron chi connectivity index (χ2n) is 6.52. The van der Waals surface area contributed by atoms with E-state index in [1.165, 1.54) is 23.1 Å². The minimum absolute atomic E-state index is 0.0842. The third-order valence-corrected chi connectivity index (χ3v) is 4.87. The number of hydrogen-bond donors (Lipinski definition) is 2. The number of amides is 2. The Kier molecular flexibility index (Phi) is 4.20. The molecule has 0 bridgehead atoms. The lowest BCUT2D eigenvalue weighted by atomic mass is 9.96. The molecule has 26 heavy (non-hydrogen) atoms. The number of likely N-dealkylation sites (tertiary alicyclic amines) is 1. The van der Waals surface area contributed by atoms with Gasteiger partial charge in [-0.25, -0.2) is 4.39 Å². The normalized spacial score (nSPS) is 23.3.